The number of nitrogens with zero attached hydrogens (tertiary/aromatic N) is 2. The van der Waals surface area contributed by atoms with E-state index in [0.29, 0.717) is 21.8 Å². The molecule has 2 amide bonds. The van der Waals surface area contributed by atoms with Crippen molar-refractivity contribution in [3.05, 3.63) is 101 Å². The zero-order valence-corrected chi connectivity index (χ0v) is 21.0. The highest BCUT2D eigenvalue weighted by molar-refractivity contribution is 7.20. The third-order valence-electron chi connectivity index (χ3n) is 6.46. The van der Waals surface area contributed by atoms with Crippen LogP contribution in [0.4, 0.5) is 14.9 Å². The highest BCUT2D eigenvalue weighted by Gasteiger charge is 2.31. The fraction of sp³-hybridized carbons (Fsp3) is 0.138. The smallest absolute Gasteiger partial charge is 0.342 e. The number of anilines is 1. The van der Waals surface area contributed by atoms with Crippen molar-refractivity contribution in [2.24, 2.45) is 0 Å². The maximum Gasteiger partial charge on any atom is 0.342 e. The van der Waals surface area contributed by atoms with Crippen LogP contribution in [0.15, 0.2) is 78.9 Å². The molecule has 38 heavy (non-hydrogen) atoms. The van der Waals surface area contributed by atoms with Crippen molar-refractivity contribution in [2.75, 3.05) is 5.32 Å². The second kappa shape index (κ2) is 9.75. The van der Waals surface area contributed by atoms with Crippen LogP contribution in [0.25, 0.3) is 21.3 Å². The van der Waals surface area contributed by atoms with Crippen molar-refractivity contribution in [1.29, 1.82) is 0 Å². The van der Waals surface area contributed by atoms with E-state index in [-0.39, 0.29) is 29.9 Å². The quantitative estimate of drug-likeness (QED) is 0.220. The first-order valence-electron chi connectivity index (χ1n) is 12.2. The number of hydrogen-bond donors (Lipinski definition) is 3. The molecular weight excluding hydrogens is 503 g/mol. The van der Waals surface area contributed by atoms with E-state index in [1.54, 1.807) is 24.3 Å². The summed E-state index contributed by atoms with van der Waals surface area (Å²) in [7, 11) is 0. The Hall–Kier alpha value is -4.50. The number of aromatic nitrogens is 2. The number of nitrogens with one attached hydrogen (secondary N) is 2. The van der Waals surface area contributed by atoms with Crippen LogP contribution in [0.5, 0.6) is 5.75 Å². The Morgan fingerprint density at radius 3 is 2.58 bits per heavy atom. The summed E-state index contributed by atoms with van der Waals surface area (Å²) in [6, 6.07) is 21.7. The summed E-state index contributed by atoms with van der Waals surface area (Å²) in [5.74, 6) is -0.378. The molecule has 1 fully saturated rings. The molecule has 0 atom stereocenters. The Morgan fingerprint density at radius 2 is 1.82 bits per heavy atom. The van der Waals surface area contributed by atoms with Gasteiger partial charge in [0.15, 0.2) is 0 Å². The molecule has 3 N–H and O–H groups in total. The van der Waals surface area contributed by atoms with Crippen LogP contribution in [0.3, 0.4) is 0 Å². The number of phenols is 1. The minimum Gasteiger partial charge on any atom is -0.507 e. The number of carbonyl (C=O) groups is 2. The van der Waals surface area contributed by atoms with Gasteiger partial charge in [-0.25, -0.2) is 9.18 Å². The number of rotatable bonds is 6. The van der Waals surface area contributed by atoms with Gasteiger partial charge in [0, 0.05) is 28.4 Å². The van der Waals surface area contributed by atoms with Crippen LogP contribution in [0, 0.1) is 5.82 Å². The van der Waals surface area contributed by atoms with Gasteiger partial charge in [-0.15, -0.1) is 11.3 Å². The number of benzene rings is 3. The first-order chi connectivity index (χ1) is 18.4. The predicted octanol–water partition coefficient (Wildman–Crippen LogP) is 6.50. The fourth-order valence-corrected chi connectivity index (χ4v) is 5.28. The Kier molecular flexibility index (Phi) is 6.13. The summed E-state index contributed by atoms with van der Waals surface area (Å²) in [5.41, 5.74) is 2.87. The topological polar surface area (TPSA) is 96.2 Å². The molecule has 190 valence electrons. The lowest BCUT2D eigenvalue weighted by Gasteiger charge is -2.08. The molecule has 0 bridgehead atoms. The van der Waals surface area contributed by atoms with E-state index in [1.807, 2.05) is 36.4 Å². The molecule has 0 spiro atoms. The van der Waals surface area contributed by atoms with Gasteiger partial charge in [0.05, 0.1) is 16.3 Å². The van der Waals surface area contributed by atoms with Gasteiger partial charge < -0.3 is 15.7 Å². The maximum atomic E-state index is 13.2. The van der Waals surface area contributed by atoms with Crippen LogP contribution in [0.1, 0.15) is 39.7 Å². The van der Waals surface area contributed by atoms with Crippen molar-refractivity contribution in [2.45, 2.75) is 25.3 Å². The maximum absolute atomic E-state index is 13.2. The highest BCUT2D eigenvalue weighted by atomic mass is 32.1. The second-order valence-corrected chi connectivity index (χ2v) is 10.3. The van der Waals surface area contributed by atoms with Crippen molar-refractivity contribution in [3.63, 3.8) is 0 Å². The van der Waals surface area contributed by atoms with Gasteiger partial charge in [-0.3, -0.25) is 4.79 Å². The number of phenolic OH excluding ortho intramolecular Hbond substituents is 1. The van der Waals surface area contributed by atoms with Crippen LogP contribution in [-0.4, -0.2) is 26.8 Å². The fourth-order valence-electron chi connectivity index (χ4n) is 4.32. The monoisotopic (exact) mass is 526 g/mol. The van der Waals surface area contributed by atoms with Crippen molar-refractivity contribution >= 4 is 39.0 Å². The van der Waals surface area contributed by atoms with E-state index in [1.165, 1.54) is 34.2 Å². The normalized spacial score (nSPS) is 13.0. The Morgan fingerprint density at radius 1 is 1.03 bits per heavy atom. The number of thiophene rings is 1. The largest absolute Gasteiger partial charge is 0.507 e. The number of halogens is 1. The van der Waals surface area contributed by atoms with Crippen molar-refractivity contribution in [3.8, 4) is 17.0 Å². The Balaban J connectivity index is 1.24. The third-order valence-corrected chi connectivity index (χ3v) is 7.58. The van der Waals surface area contributed by atoms with E-state index in [9.17, 15) is 19.1 Å². The summed E-state index contributed by atoms with van der Waals surface area (Å²) in [5, 5.41) is 21.8. The molecule has 0 unspecified atom stereocenters. The number of fused-ring (bicyclic) bond motifs is 1. The lowest BCUT2D eigenvalue weighted by molar-refractivity contribution is 0.103. The molecule has 9 heteroatoms. The van der Waals surface area contributed by atoms with Gasteiger partial charge in [-0.2, -0.15) is 9.78 Å². The Bertz CT molecular complexity index is 1640. The molecule has 3 aromatic carbocycles. The van der Waals surface area contributed by atoms with Crippen LogP contribution >= 0.6 is 11.3 Å². The summed E-state index contributed by atoms with van der Waals surface area (Å²) in [6.45, 7) is 0.225. The standard InChI is InChI=1S/C29H23FN4O3S/c30-20-9-5-17(6-10-20)16-31-29(37)34-24(18-7-8-18)15-23(33-34)22-14-21(11-12-25(22)35)32-28(36)27-13-19-3-1-2-4-26(19)38-27/h1-6,9-15,18,35H,7-8,16H2,(H,31,37)(H,32,36). The van der Waals surface area contributed by atoms with Crippen LogP contribution < -0.4 is 10.6 Å². The number of aromatic hydroxyl groups is 1. The summed E-state index contributed by atoms with van der Waals surface area (Å²) in [6.07, 6.45) is 1.90. The zero-order valence-electron chi connectivity index (χ0n) is 20.1. The summed E-state index contributed by atoms with van der Waals surface area (Å²) in [4.78, 5) is 26.5. The van der Waals surface area contributed by atoms with E-state index in [0.717, 1.165) is 34.2 Å². The average molecular weight is 527 g/mol. The highest BCUT2D eigenvalue weighted by Crippen LogP contribution is 2.42. The molecular formula is C29H23FN4O3S. The van der Waals surface area contributed by atoms with Gasteiger partial charge in [0.1, 0.15) is 11.6 Å². The molecule has 5 aromatic rings. The summed E-state index contributed by atoms with van der Waals surface area (Å²) >= 11 is 1.41. The lowest BCUT2D eigenvalue weighted by Crippen LogP contribution is -2.30. The molecule has 1 aliphatic carbocycles. The molecule has 6 rings (SSSR count). The molecule has 1 aliphatic rings. The van der Waals surface area contributed by atoms with Crippen molar-refractivity contribution in [1.82, 2.24) is 15.1 Å². The van der Waals surface area contributed by atoms with Gasteiger partial charge in [-0.1, -0.05) is 30.3 Å². The minimum atomic E-state index is -0.406. The van der Waals surface area contributed by atoms with Gasteiger partial charge >= 0.3 is 6.03 Å². The molecule has 1 saturated carbocycles. The number of amides is 2. The molecule has 7 nitrogen and oxygen atoms in total. The first kappa shape index (κ1) is 23.9. The van der Waals surface area contributed by atoms with E-state index in [4.69, 9.17) is 0 Å². The average Bonchev–Trinajstić information content (AvgIpc) is 3.51. The van der Waals surface area contributed by atoms with Crippen LogP contribution in [0.2, 0.25) is 0 Å². The molecule has 0 saturated heterocycles. The predicted molar refractivity (Wildman–Crippen MR) is 145 cm³/mol. The molecule has 2 heterocycles. The Labute approximate surface area is 221 Å². The number of hydrogen-bond acceptors (Lipinski definition) is 5. The third kappa shape index (κ3) is 4.88. The van der Waals surface area contributed by atoms with E-state index in [2.05, 4.69) is 15.7 Å². The molecule has 0 aliphatic heterocycles. The first-order valence-corrected chi connectivity index (χ1v) is 13.0. The molecule has 0 radical (unpaired) electrons. The zero-order chi connectivity index (χ0) is 26.2. The van der Waals surface area contributed by atoms with E-state index >= 15 is 0 Å². The second-order valence-electron chi connectivity index (χ2n) is 9.26. The van der Waals surface area contributed by atoms with Gasteiger partial charge in [0.25, 0.3) is 5.91 Å². The minimum absolute atomic E-state index is 0.0106. The lowest BCUT2D eigenvalue weighted by atomic mass is 10.1. The van der Waals surface area contributed by atoms with Gasteiger partial charge in [0.2, 0.25) is 0 Å². The summed E-state index contributed by atoms with van der Waals surface area (Å²) < 4.78 is 15.5. The molecule has 2 aromatic heterocycles. The van der Waals surface area contributed by atoms with Gasteiger partial charge in [-0.05, 0) is 72.3 Å². The van der Waals surface area contributed by atoms with E-state index < -0.39 is 6.03 Å². The number of carbonyl (C=O) groups excluding carboxylic acids is 2. The van der Waals surface area contributed by atoms with Crippen molar-refractivity contribution < 1.29 is 19.1 Å². The SMILES string of the molecule is O=C(Nc1ccc(O)c(-c2cc(C3CC3)n(C(=O)NCc3ccc(F)cc3)n2)c1)c1cc2ccccc2s1. The van der Waals surface area contributed by atoms with Crippen LogP contribution in [-0.2, 0) is 6.54 Å².